The summed E-state index contributed by atoms with van der Waals surface area (Å²) in [6.07, 6.45) is 1.65. The van der Waals surface area contributed by atoms with Crippen molar-refractivity contribution in [1.82, 2.24) is 10.2 Å². The van der Waals surface area contributed by atoms with E-state index in [4.69, 9.17) is 16.9 Å². The molecule has 0 aliphatic carbocycles. The standard InChI is InChI=1S/C11H8ClN3/c1-7-4-8(12)5-9(10(7)6-13)11-2-3-14-15-11/h2-5H,1H3,(H,14,15). The van der Waals surface area contributed by atoms with Crippen molar-refractivity contribution < 1.29 is 0 Å². The van der Waals surface area contributed by atoms with Crippen LogP contribution in [0.4, 0.5) is 0 Å². The average Bonchev–Trinajstić information content (AvgIpc) is 2.69. The molecule has 1 heterocycles. The van der Waals surface area contributed by atoms with E-state index in [9.17, 15) is 0 Å². The lowest BCUT2D eigenvalue weighted by atomic mass is 10.0. The Balaban J connectivity index is 2.71. The van der Waals surface area contributed by atoms with Gasteiger partial charge in [-0.3, -0.25) is 5.10 Å². The zero-order chi connectivity index (χ0) is 10.8. The third-order valence-electron chi connectivity index (χ3n) is 2.20. The number of hydrogen-bond donors (Lipinski definition) is 1. The number of hydrogen-bond acceptors (Lipinski definition) is 2. The third kappa shape index (κ3) is 1.72. The molecule has 0 atom stereocenters. The fourth-order valence-corrected chi connectivity index (χ4v) is 1.78. The van der Waals surface area contributed by atoms with Crippen LogP contribution in [0.2, 0.25) is 5.02 Å². The van der Waals surface area contributed by atoms with Crippen molar-refractivity contribution in [3.8, 4) is 17.3 Å². The predicted molar refractivity (Wildman–Crippen MR) is 58.5 cm³/mol. The summed E-state index contributed by atoms with van der Waals surface area (Å²) in [7, 11) is 0. The zero-order valence-electron chi connectivity index (χ0n) is 8.08. The number of rotatable bonds is 1. The summed E-state index contributed by atoms with van der Waals surface area (Å²) in [6.45, 7) is 1.87. The smallest absolute Gasteiger partial charge is 0.100 e. The van der Waals surface area contributed by atoms with Crippen molar-refractivity contribution in [3.63, 3.8) is 0 Å². The highest BCUT2D eigenvalue weighted by atomic mass is 35.5. The molecular weight excluding hydrogens is 210 g/mol. The van der Waals surface area contributed by atoms with Crippen LogP contribution in [0.15, 0.2) is 24.4 Å². The van der Waals surface area contributed by atoms with Crippen molar-refractivity contribution in [1.29, 1.82) is 5.26 Å². The highest BCUT2D eigenvalue weighted by Gasteiger charge is 2.09. The second kappa shape index (κ2) is 3.76. The molecule has 2 aromatic rings. The van der Waals surface area contributed by atoms with E-state index >= 15 is 0 Å². The fourth-order valence-electron chi connectivity index (χ4n) is 1.51. The normalized spacial score (nSPS) is 9.93. The first-order valence-corrected chi connectivity index (χ1v) is 4.80. The van der Waals surface area contributed by atoms with Crippen LogP contribution in [-0.4, -0.2) is 10.2 Å². The second-order valence-electron chi connectivity index (χ2n) is 3.23. The van der Waals surface area contributed by atoms with Crippen molar-refractivity contribution in [3.05, 3.63) is 40.5 Å². The first-order chi connectivity index (χ1) is 7.22. The summed E-state index contributed by atoms with van der Waals surface area (Å²) < 4.78 is 0. The van der Waals surface area contributed by atoms with Crippen molar-refractivity contribution in [2.45, 2.75) is 6.92 Å². The number of halogens is 1. The van der Waals surface area contributed by atoms with E-state index in [0.717, 1.165) is 16.8 Å². The quantitative estimate of drug-likeness (QED) is 0.799. The SMILES string of the molecule is Cc1cc(Cl)cc(-c2ccn[nH]2)c1C#N. The summed E-state index contributed by atoms with van der Waals surface area (Å²) >= 11 is 5.95. The molecule has 0 fully saturated rings. The molecule has 0 bridgehead atoms. The van der Waals surface area contributed by atoms with E-state index in [1.807, 2.05) is 13.0 Å². The summed E-state index contributed by atoms with van der Waals surface area (Å²) in [5.74, 6) is 0. The van der Waals surface area contributed by atoms with Crippen LogP contribution in [0, 0.1) is 18.3 Å². The molecular formula is C11H8ClN3. The van der Waals surface area contributed by atoms with E-state index in [-0.39, 0.29) is 0 Å². The molecule has 15 heavy (non-hydrogen) atoms. The fraction of sp³-hybridized carbons (Fsp3) is 0.0909. The van der Waals surface area contributed by atoms with Gasteiger partial charge in [0.25, 0.3) is 0 Å². The first-order valence-electron chi connectivity index (χ1n) is 4.42. The zero-order valence-corrected chi connectivity index (χ0v) is 8.84. The molecule has 0 saturated carbocycles. The van der Waals surface area contributed by atoms with Gasteiger partial charge in [-0.05, 0) is 30.7 Å². The van der Waals surface area contributed by atoms with Gasteiger partial charge in [-0.15, -0.1) is 0 Å². The van der Waals surface area contributed by atoms with Gasteiger partial charge in [-0.25, -0.2) is 0 Å². The van der Waals surface area contributed by atoms with Gasteiger partial charge in [0.05, 0.1) is 11.3 Å². The van der Waals surface area contributed by atoms with Crippen LogP contribution in [-0.2, 0) is 0 Å². The van der Waals surface area contributed by atoms with E-state index in [1.165, 1.54) is 0 Å². The van der Waals surface area contributed by atoms with Gasteiger partial charge in [0.1, 0.15) is 6.07 Å². The largest absolute Gasteiger partial charge is 0.278 e. The van der Waals surface area contributed by atoms with E-state index in [0.29, 0.717) is 10.6 Å². The highest BCUT2D eigenvalue weighted by Crippen LogP contribution is 2.27. The summed E-state index contributed by atoms with van der Waals surface area (Å²) in [4.78, 5) is 0. The minimum absolute atomic E-state index is 0.621. The van der Waals surface area contributed by atoms with Crippen molar-refractivity contribution in [2.75, 3.05) is 0 Å². The van der Waals surface area contributed by atoms with Gasteiger partial charge < -0.3 is 0 Å². The molecule has 1 N–H and O–H groups in total. The van der Waals surface area contributed by atoms with Crippen molar-refractivity contribution in [2.24, 2.45) is 0 Å². The first kappa shape index (κ1) is 9.75. The molecule has 0 aliphatic rings. The molecule has 2 rings (SSSR count). The number of nitriles is 1. The van der Waals surface area contributed by atoms with Gasteiger partial charge in [-0.2, -0.15) is 10.4 Å². The third-order valence-corrected chi connectivity index (χ3v) is 2.42. The van der Waals surface area contributed by atoms with Gasteiger partial charge in [-0.1, -0.05) is 11.6 Å². The molecule has 74 valence electrons. The van der Waals surface area contributed by atoms with E-state index in [2.05, 4.69) is 16.3 Å². The molecule has 1 aromatic heterocycles. The van der Waals surface area contributed by atoms with E-state index < -0.39 is 0 Å². The highest BCUT2D eigenvalue weighted by molar-refractivity contribution is 6.31. The number of nitrogens with zero attached hydrogens (tertiary/aromatic N) is 2. The lowest BCUT2D eigenvalue weighted by Crippen LogP contribution is -1.89. The van der Waals surface area contributed by atoms with Gasteiger partial charge >= 0.3 is 0 Å². The number of benzene rings is 1. The Morgan fingerprint density at radius 3 is 2.87 bits per heavy atom. The monoisotopic (exact) mass is 217 g/mol. The van der Waals surface area contributed by atoms with Crippen molar-refractivity contribution >= 4 is 11.6 Å². The van der Waals surface area contributed by atoms with Crippen LogP contribution in [0.5, 0.6) is 0 Å². The Morgan fingerprint density at radius 2 is 2.27 bits per heavy atom. The number of aromatic amines is 1. The number of H-pyrrole nitrogens is 1. The van der Waals surface area contributed by atoms with Crippen LogP contribution >= 0.6 is 11.6 Å². The Hall–Kier alpha value is -1.79. The molecule has 0 aliphatic heterocycles. The van der Waals surface area contributed by atoms with Crippen LogP contribution in [0.25, 0.3) is 11.3 Å². The van der Waals surface area contributed by atoms with Crippen LogP contribution in [0.1, 0.15) is 11.1 Å². The van der Waals surface area contributed by atoms with E-state index in [1.54, 1.807) is 18.3 Å². The predicted octanol–water partition coefficient (Wildman–Crippen LogP) is 2.91. The Bertz CT molecular complexity index is 524. The van der Waals surface area contributed by atoms with Gasteiger partial charge in [0.15, 0.2) is 0 Å². The van der Waals surface area contributed by atoms with Gasteiger partial charge in [0.2, 0.25) is 0 Å². The minimum Gasteiger partial charge on any atom is -0.278 e. The molecule has 0 amide bonds. The number of aryl methyl sites for hydroxylation is 1. The van der Waals surface area contributed by atoms with Crippen LogP contribution < -0.4 is 0 Å². The molecule has 0 radical (unpaired) electrons. The van der Waals surface area contributed by atoms with Gasteiger partial charge in [0, 0.05) is 16.8 Å². The lowest BCUT2D eigenvalue weighted by molar-refractivity contribution is 1.09. The number of nitrogens with one attached hydrogen (secondary N) is 1. The lowest BCUT2D eigenvalue weighted by Gasteiger charge is -2.05. The summed E-state index contributed by atoms with van der Waals surface area (Å²) in [6, 6.07) is 7.53. The minimum atomic E-state index is 0.621. The topological polar surface area (TPSA) is 52.5 Å². The summed E-state index contributed by atoms with van der Waals surface area (Å²) in [5.41, 5.74) is 3.09. The molecule has 0 saturated heterocycles. The summed E-state index contributed by atoms with van der Waals surface area (Å²) in [5, 5.41) is 16.4. The molecule has 4 heteroatoms. The molecule has 0 unspecified atom stereocenters. The van der Waals surface area contributed by atoms with Crippen LogP contribution in [0.3, 0.4) is 0 Å². The second-order valence-corrected chi connectivity index (χ2v) is 3.66. The average molecular weight is 218 g/mol. The Kier molecular flexibility index (Phi) is 2.44. The molecule has 1 aromatic carbocycles. The maximum Gasteiger partial charge on any atom is 0.100 e. The Morgan fingerprint density at radius 1 is 1.47 bits per heavy atom. The maximum absolute atomic E-state index is 9.06. The maximum atomic E-state index is 9.06. The molecule has 0 spiro atoms. The Labute approximate surface area is 92.3 Å². The number of aromatic nitrogens is 2. The molecule has 3 nitrogen and oxygen atoms in total.